The number of aryl methyl sites for hydroxylation is 1. The summed E-state index contributed by atoms with van der Waals surface area (Å²) >= 11 is 6.21. The van der Waals surface area contributed by atoms with Crippen LogP contribution < -0.4 is 15.2 Å². The van der Waals surface area contributed by atoms with Crippen molar-refractivity contribution in [2.24, 2.45) is 5.73 Å². The molecule has 1 aliphatic rings. The number of benzene rings is 1. The highest BCUT2D eigenvalue weighted by molar-refractivity contribution is 6.32. The number of nitrogens with two attached hydrogens (primary N) is 1. The number of aromatic amines is 1. The molecule has 1 atom stereocenters. The average molecular weight is 317 g/mol. The molecule has 2 aromatic rings. The Kier molecular flexibility index (Phi) is 3.43. The molecule has 0 fully saturated rings. The van der Waals surface area contributed by atoms with Gasteiger partial charge in [-0.1, -0.05) is 17.7 Å². The van der Waals surface area contributed by atoms with Gasteiger partial charge in [-0.3, -0.25) is 5.10 Å². The van der Waals surface area contributed by atoms with E-state index in [1.165, 1.54) is 0 Å². The standard InChI is InChI=1S/C15H13ClN4O2/c1-7-12-13(8-3-4-11(21-2)10(16)5-8)9(6-17)14(18)22-15(12)20-19-7/h3-5,13H,18H2,1-2H3,(H,19,20)/t13-/m1/s1. The zero-order valence-corrected chi connectivity index (χ0v) is 12.7. The lowest BCUT2D eigenvalue weighted by molar-refractivity contribution is 0.378. The van der Waals surface area contributed by atoms with E-state index in [9.17, 15) is 5.26 Å². The molecular formula is C15H13ClN4O2. The summed E-state index contributed by atoms with van der Waals surface area (Å²) in [7, 11) is 1.55. The molecule has 1 aromatic carbocycles. The van der Waals surface area contributed by atoms with Crippen molar-refractivity contribution in [2.75, 3.05) is 7.11 Å². The number of nitrogens with one attached hydrogen (secondary N) is 1. The first-order valence-electron chi connectivity index (χ1n) is 6.52. The largest absolute Gasteiger partial charge is 0.495 e. The van der Waals surface area contributed by atoms with Crippen molar-refractivity contribution in [3.63, 3.8) is 0 Å². The highest BCUT2D eigenvalue weighted by Crippen LogP contribution is 2.43. The molecule has 1 aromatic heterocycles. The maximum Gasteiger partial charge on any atom is 0.244 e. The predicted molar refractivity (Wildman–Crippen MR) is 80.6 cm³/mol. The first kappa shape index (κ1) is 14.3. The third-order valence-electron chi connectivity index (χ3n) is 3.64. The van der Waals surface area contributed by atoms with Crippen LogP contribution in [0.2, 0.25) is 5.02 Å². The number of hydrogen-bond donors (Lipinski definition) is 2. The lowest BCUT2D eigenvalue weighted by atomic mass is 9.84. The Balaban J connectivity index is 2.21. The number of methoxy groups -OCH3 is 1. The number of halogens is 1. The van der Waals surface area contributed by atoms with Crippen LogP contribution in [0.4, 0.5) is 0 Å². The highest BCUT2D eigenvalue weighted by atomic mass is 35.5. The Bertz CT molecular complexity index is 819. The smallest absolute Gasteiger partial charge is 0.244 e. The molecule has 3 rings (SSSR count). The van der Waals surface area contributed by atoms with Crippen LogP contribution >= 0.6 is 11.6 Å². The van der Waals surface area contributed by atoms with Crippen LogP contribution in [0.1, 0.15) is 22.7 Å². The summed E-state index contributed by atoms with van der Waals surface area (Å²) in [5.74, 6) is 0.623. The third kappa shape index (κ3) is 2.07. The molecular weight excluding hydrogens is 304 g/mol. The van der Waals surface area contributed by atoms with Gasteiger partial charge in [0, 0.05) is 11.3 Å². The molecule has 0 unspecified atom stereocenters. The van der Waals surface area contributed by atoms with E-state index in [1.54, 1.807) is 19.2 Å². The zero-order valence-electron chi connectivity index (χ0n) is 12.0. The van der Waals surface area contributed by atoms with Crippen molar-refractivity contribution in [1.29, 1.82) is 5.26 Å². The number of fused-ring (bicyclic) bond motifs is 1. The van der Waals surface area contributed by atoms with Gasteiger partial charge in [0.05, 0.1) is 18.1 Å². The molecule has 6 nitrogen and oxygen atoms in total. The molecule has 2 heterocycles. The Labute approximate surface area is 132 Å². The van der Waals surface area contributed by atoms with Crippen molar-refractivity contribution in [2.45, 2.75) is 12.8 Å². The summed E-state index contributed by atoms with van der Waals surface area (Å²) < 4.78 is 10.6. The van der Waals surface area contributed by atoms with Crippen molar-refractivity contribution in [3.05, 3.63) is 51.5 Å². The van der Waals surface area contributed by atoms with E-state index in [1.807, 2.05) is 13.0 Å². The molecule has 0 amide bonds. The summed E-state index contributed by atoms with van der Waals surface area (Å²) in [6.45, 7) is 1.86. The van der Waals surface area contributed by atoms with E-state index in [0.717, 1.165) is 16.8 Å². The Morgan fingerprint density at radius 2 is 2.27 bits per heavy atom. The van der Waals surface area contributed by atoms with Crippen molar-refractivity contribution in [3.8, 4) is 17.7 Å². The van der Waals surface area contributed by atoms with E-state index >= 15 is 0 Å². The van der Waals surface area contributed by atoms with Gasteiger partial charge in [-0.05, 0) is 24.6 Å². The van der Waals surface area contributed by atoms with Crippen LogP contribution in [0.15, 0.2) is 29.7 Å². The van der Waals surface area contributed by atoms with Crippen LogP contribution in [-0.2, 0) is 0 Å². The minimum Gasteiger partial charge on any atom is -0.495 e. The number of rotatable bonds is 2. The second-order valence-corrected chi connectivity index (χ2v) is 5.29. The number of allylic oxidation sites excluding steroid dienone is 1. The number of ether oxygens (including phenoxy) is 2. The number of hydrogen-bond acceptors (Lipinski definition) is 5. The number of H-pyrrole nitrogens is 1. The van der Waals surface area contributed by atoms with Gasteiger partial charge < -0.3 is 15.2 Å². The molecule has 0 saturated heterocycles. The summed E-state index contributed by atoms with van der Waals surface area (Å²) in [6.07, 6.45) is 0. The molecule has 3 N–H and O–H groups in total. The Morgan fingerprint density at radius 3 is 2.91 bits per heavy atom. The quantitative estimate of drug-likeness (QED) is 0.887. The fourth-order valence-corrected chi connectivity index (χ4v) is 2.86. The van der Waals surface area contributed by atoms with Gasteiger partial charge in [0.15, 0.2) is 0 Å². The molecule has 0 radical (unpaired) electrons. The van der Waals surface area contributed by atoms with Crippen LogP contribution in [0.3, 0.4) is 0 Å². The van der Waals surface area contributed by atoms with Gasteiger partial charge in [0.25, 0.3) is 0 Å². The minimum atomic E-state index is -0.379. The normalized spacial score (nSPS) is 16.7. The van der Waals surface area contributed by atoms with E-state index in [4.69, 9.17) is 26.8 Å². The monoisotopic (exact) mass is 316 g/mol. The summed E-state index contributed by atoms with van der Waals surface area (Å²) in [5.41, 5.74) is 8.61. The van der Waals surface area contributed by atoms with Gasteiger partial charge >= 0.3 is 0 Å². The SMILES string of the molecule is COc1ccc([C@@H]2C(C#N)=C(N)Oc3n[nH]c(C)c32)cc1Cl. The molecule has 0 bridgehead atoms. The Hall–Kier alpha value is -2.65. The molecule has 0 spiro atoms. The second-order valence-electron chi connectivity index (χ2n) is 4.89. The lowest BCUT2D eigenvalue weighted by Crippen LogP contribution is -2.21. The van der Waals surface area contributed by atoms with Crippen LogP contribution in [0.5, 0.6) is 11.6 Å². The van der Waals surface area contributed by atoms with E-state index < -0.39 is 0 Å². The summed E-state index contributed by atoms with van der Waals surface area (Å²) in [5, 5.41) is 16.9. The highest BCUT2D eigenvalue weighted by Gasteiger charge is 2.34. The van der Waals surface area contributed by atoms with Gasteiger partial charge in [-0.25, -0.2) is 0 Å². The third-order valence-corrected chi connectivity index (χ3v) is 3.93. The van der Waals surface area contributed by atoms with Gasteiger partial charge in [0.1, 0.15) is 17.4 Å². The summed E-state index contributed by atoms with van der Waals surface area (Å²) in [4.78, 5) is 0. The maximum absolute atomic E-state index is 9.46. The number of aromatic nitrogens is 2. The second kappa shape index (κ2) is 5.28. The fraction of sp³-hybridized carbons (Fsp3) is 0.200. The number of nitriles is 1. The maximum atomic E-state index is 9.46. The molecule has 22 heavy (non-hydrogen) atoms. The van der Waals surface area contributed by atoms with Crippen LogP contribution in [0, 0.1) is 18.3 Å². The fourth-order valence-electron chi connectivity index (χ4n) is 2.59. The van der Waals surface area contributed by atoms with Crippen LogP contribution in [0.25, 0.3) is 0 Å². The molecule has 112 valence electrons. The topological polar surface area (TPSA) is 96.9 Å². The van der Waals surface area contributed by atoms with Crippen molar-refractivity contribution >= 4 is 11.6 Å². The van der Waals surface area contributed by atoms with Crippen LogP contribution in [-0.4, -0.2) is 17.3 Å². The van der Waals surface area contributed by atoms with E-state index in [0.29, 0.717) is 22.2 Å². The first-order chi connectivity index (χ1) is 10.6. The van der Waals surface area contributed by atoms with Crippen molar-refractivity contribution < 1.29 is 9.47 Å². The van der Waals surface area contributed by atoms with Gasteiger partial charge in [-0.15, -0.1) is 5.10 Å². The zero-order chi connectivity index (χ0) is 15.9. The lowest BCUT2D eigenvalue weighted by Gasteiger charge is -2.24. The predicted octanol–water partition coefficient (Wildman–Crippen LogP) is 2.60. The van der Waals surface area contributed by atoms with E-state index in [-0.39, 0.29) is 11.8 Å². The Morgan fingerprint density at radius 1 is 1.50 bits per heavy atom. The van der Waals surface area contributed by atoms with Crippen molar-refractivity contribution in [1.82, 2.24) is 10.2 Å². The number of nitrogens with zero attached hydrogens (tertiary/aromatic N) is 2. The molecule has 1 aliphatic heterocycles. The minimum absolute atomic E-state index is 0.0541. The molecule has 0 saturated carbocycles. The van der Waals surface area contributed by atoms with Gasteiger partial charge in [-0.2, -0.15) is 5.26 Å². The average Bonchev–Trinajstić information content (AvgIpc) is 2.86. The summed E-state index contributed by atoms with van der Waals surface area (Å²) in [6, 6.07) is 7.49. The molecule has 7 heteroatoms. The van der Waals surface area contributed by atoms with E-state index in [2.05, 4.69) is 16.3 Å². The molecule has 0 aliphatic carbocycles. The van der Waals surface area contributed by atoms with Gasteiger partial charge in [0.2, 0.25) is 11.8 Å². The first-order valence-corrected chi connectivity index (χ1v) is 6.90.